The fourth-order valence-corrected chi connectivity index (χ4v) is 1.64. The first-order chi connectivity index (χ1) is 6.98. The Bertz CT molecular complexity index is 409. The molecule has 1 aromatic carbocycles. The van der Waals surface area contributed by atoms with E-state index in [1.807, 2.05) is 44.2 Å². The molecule has 0 atom stereocenters. The molecular weight excluding hydrogens is 208 g/mol. The van der Waals surface area contributed by atoms with Crippen LogP contribution in [0.2, 0.25) is 0 Å². The number of para-hydroxylation sites is 1. The third-order valence-corrected chi connectivity index (χ3v) is 2.33. The molecule has 0 bridgehead atoms. The van der Waals surface area contributed by atoms with Crippen LogP contribution in [0.3, 0.4) is 0 Å². The quantitative estimate of drug-likeness (QED) is 0.716. The van der Waals surface area contributed by atoms with E-state index in [2.05, 4.69) is 12.6 Å². The number of fused-ring (bicyclic) bond motifs is 1. The zero-order chi connectivity index (χ0) is 11.1. The Kier molecular flexibility index (Phi) is 2.31. The lowest BCUT2D eigenvalue weighted by Gasteiger charge is -2.37. The molecule has 0 spiro atoms. The molecule has 0 saturated carbocycles. The fraction of sp³-hybridized carbons (Fsp3) is 0.273. The average molecular weight is 222 g/mol. The van der Waals surface area contributed by atoms with Gasteiger partial charge in [-0.3, -0.25) is 0 Å². The van der Waals surface area contributed by atoms with Crippen molar-refractivity contribution in [3.8, 4) is 5.75 Å². The molecule has 0 unspecified atom stereocenters. The molecule has 2 rings (SSSR count). The SMILES string of the molecule is CC(C)(S)N1Oc2ccccc2C=C1N. The molecule has 1 aromatic rings. The van der Waals surface area contributed by atoms with E-state index in [-0.39, 0.29) is 0 Å². The van der Waals surface area contributed by atoms with Crippen LogP contribution >= 0.6 is 12.6 Å². The molecular formula is C11H14N2OS. The van der Waals surface area contributed by atoms with Gasteiger partial charge >= 0.3 is 0 Å². The Balaban J connectivity index is 2.41. The average Bonchev–Trinajstić information content (AvgIpc) is 2.15. The van der Waals surface area contributed by atoms with Crippen LogP contribution in [0, 0.1) is 0 Å². The fourth-order valence-electron chi connectivity index (χ4n) is 1.48. The van der Waals surface area contributed by atoms with E-state index in [0.29, 0.717) is 5.82 Å². The minimum Gasteiger partial charge on any atom is -0.383 e. The van der Waals surface area contributed by atoms with Crippen molar-refractivity contribution in [1.29, 1.82) is 0 Å². The maximum Gasteiger partial charge on any atom is 0.162 e. The summed E-state index contributed by atoms with van der Waals surface area (Å²) in [6.45, 7) is 3.84. The predicted molar refractivity (Wildman–Crippen MR) is 64.1 cm³/mol. The summed E-state index contributed by atoms with van der Waals surface area (Å²) < 4.78 is 0. The molecule has 2 N–H and O–H groups in total. The Morgan fingerprint density at radius 2 is 2.00 bits per heavy atom. The normalized spacial score (nSPS) is 15.4. The number of hydrogen-bond donors (Lipinski definition) is 2. The molecule has 0 aliphatic carbocycles. The molecule has 1 aliphatic rings. The van der Waals surface area contributed by atoms with Gasteiger partial charge in [-0.25, -0.2) is 0 Å². The summed E-state index contributed by atoms with van der Waals surface area (Å²) in [5.41, 5.74) is 6.88. The molecule has 0 fully saturated rings. The second-order valence-electron chi connectivity index (χ2n) is 3.99. The van der Waals surface area contributed by atoms with E-state index in [4.69, 9.17) is 10.6 Å². The van der Waals surface area contributed by atoms with Crippen molar-refractivity contribution >= 4 is 18.7 Å². The smallest absolute Gasteiger partial charge is 0.162 e. The van der Waals surface area contributed by atoms with Crippen molar-refractivity contribution in [2.45, 2.75) is 18.7 Å². The van der Waals surface area contributed by atoms with E-state index < -0.39 is 4.87 Å². The van der Waals surface area contributed by atoms with Crippen molar-refractivity contribution in [2.75, 3.05) is 0 Å². The lowest BCUT2D eigenvalue weighted by molar-refractivity contribution is -0.0662. The molecule has 0 radical (unpaired) electrons. The summed E-state index contributed by atoms with van der Waals surface area (Å²) in [6, 6.07) is 7.75. The van der Waals surface area contributed by atoms with Gasteiger partial charge < -0.3 is 10.6 Å². The molecule has 0 aromatic heterocycles. The van der Waals surface area contributed by atoms with Gasteiger partial charge in [0, 0.05) is 5.56 Å². The first-order valence-corrected chi connectivity index (χ1v) is 5.20. The van der Waals surface area contributed by atoms with Crippen LogP contribution in [0.1, 0.15) is 19.4 Å². The highest BCUT2D eigenvalue weighted by atomic mass is 32.1. The Morgan fingerprint density at radius 1 is 1.33 bits per heavy atom. The van der Waals surface area contributed by atoms with Crippen molar-refractivity contribution in [3.05, 3.63) is 35.6 Å². The standard InChI is InChI=1S/C11H14N2OS/c1-11(2,15)13-10(12)7-8-5-3-4-6-9(8)14-13/h3-7,15H,12H2,1-2H3. The second-order valence-corrected chi connectivity index (χ2v) is 5.08. The number of benzene rings is 1. The summed E-state index contributed by atoms with van der Waals surface area (Å²) in [6.07, 6.45) is 1.89. The van der Waals surface area contributed by atoms with Gasteiger partial charge in [0.1, 0.15) is 10.7 Å². The molecule has 0 saturated heterocycles. The molecule has 0 amide bonds. The summed E-state index contributed by atoms with van der Waals surface area (Å²) in [5.74, 6) is 1.36. The van der Waals surface area contributed by atoms with Crippen LogP contribution in [0.5, 0.6) is 5.75 Å². The Labute approximate surface area is 94.9 Å². The topological polar surface area (TPSA) is 38.5 Å². The van der Waals surface area contributed by atoms with Gasteiger partial charge in [0.15, 0.2) is 5.75 Å². The number of hydroxylamine groups is 2. The van der Waals surface area contributed by atoms with Crippen LogP contribution in [-0.4, -0.2) is 9.93 Å². The van der Waals surface area contributed by atoms with E-state index in [1.165, 1.54) is 0 Å². The highest BCUT2D eigenvalue weighted by Gasteiger charge is 2.29. The second kappa shape index (κ2) is 3.38. The monoisotopic (exact) mass is 222 g/mol. The third kappa shape index (κ3) is 1.90. The van der Waals surface area contributed by atoms with Crippen LogP contribution in [0.15, 0.2) is 30.1 Å². The number of nitrogens with zero attached hydrogens (tertiary/aromatic N) is 1. The van der Waals surface area contributed by atoms with Crippen LogP contribution in [-0.2, 0) is 0 Å². The Hall–Kier alpha value is -1.29. The van der Waals surface area contributed by atoms with Gasteiger partial charge in [0.2, 0.25) is 0 Å². The highest BCUT2D eigenvalue weighted by molar-refractivity contribution is 7.81. The van der Waals surface area contributed by atoms with Crippen molar-refractivity contribution in [3.63, 3.8) is 0 Å². The Morgan fingerprint density at radius 3 is 2.67 bits per heavy atom. The van der Waals surface area contributed by atoms with E-state index in [9.17, 15) is 0 Å². The first kappa shape index (κ1) is 10.2. The maximum absolute atomic E-state index is 5.89. The van der Waals surface area contributed by atoms with Crippen molar-refractivity contribution in [2.24, 2.45) is 5.73 Å². The largest absolute Gasteiger partial charge is 0.383 e. The lowest BCUT2D eigenvalue weighted by Crippen LogP contribution is -2.45. The molecule has 15 heavy (non-hydrogen) atoms. The number of thiol groups is 1. The van der Waals surface area contributed by atoms with E-state index >= 15 is 0 Å². The highest BCUT2D eigenvalue weighted by Crippen LogP contribution is 2.32. The minimum atomic E-state index is -0.450. The van der Waals surface area contributed by atoms with Gasteiger partial charge in [-0.1, -0.05) is 18.2 Å². The van der Waals surface area contributed by atoms with Gasteiger partial charge in [-0.2, -0.15) is 5.06 Å². The lowest BCUT2D eigenvalue weighted by atomic mass is 10.1. The van der Waals surface area contributed by atoms with Gasteiger partial charge in [-0.05, 0) is 26.0 Å². The predicted octanol–water partition coefficient (Wildman–Crippen LogP) is 2.22. The van der Waals surface area contributed by atoms with Crippen LogP contribution in [0.4, 0.5) is 0 Å². The maximum atomic E-state index is 5.89. The summed E-state index contributed by atoms with van der Waals surface area (Å²) in [7, 11) is 0. The zero-order valence-electron chi connectivity index (χ0n) is 8.77. The minimum absolute atomic E-state index is 0.450. The summed E-state index contributed by atoms with van der Waals surface area (Å²) >= 11 is 4.43. The molecule has 4 heteroatoms. The van der Waals surface area contributed by atoms with Gasteiger partial charge in [0.05, 0.1) is 0 Å². The van der Waals surface area contributed by atoms with Gasteiger partial charge in [-0.15, -0.1) is 12.6 Å². The van der Waals surface area contributed by atoms with Crippen LogP contribution < -0.4 is 10.6 Å². The van der Waals surface area contributed by atoms with Crippen molar-refractivity contribution in [1.82, 2.24) is 5.06 Å². The summed E-state index contributed by atoms with van der Waals surface area (Å²) in [5, 5.41) is 1.60. The van der Waals surface area contributed by atoms with Crippen LogP contribution in [0.25, 0.3) is 6.08 Å². The van der Waals surface area contributed by atoms with E-state index in [1.54, 1.807) is 5.06 Å². The third-order valence-electron chi connectivity index (χ3n) is 2.14. The van der Waals surface area contributed by atoms with Gasteiger partial charge in [0.25, 0.3) is 0 Å². The molecule has 3 nitrogen and oxygen atoms in total. The number of hydrogen-bond acceptors (Lipinski definition) is 4. The summed E-state index contributed by atoms with van der Waals surface area (Å²) in [4.78, 5) is 5.22. The first-order valence-electron chi connectivity index (χ1n) is 4.75. The molecule has 1 aliphatic heterocycles. The zero-order valence-corrected chi connectivity index (χ0v) is 9.66. The molecule has 80 valence electrons. The van der Waals surface area contributed by atoms with Crippen molar-refractivity contribution < 1.29 is 4.84 Å². The van der Waals surface area contributed by atoms with E-state index in [0.717, 1.165) is 11.3 Å². The number of nitrogens with two attached hydrogens (primary N) is 1. The molecule has 1 heterocycles. The number of rotatable bonds is 1.